The van der Waals surface area contributed by atoms with Crippen LogP contribution < -0.4 is 10.1 Å². The van der Waals surface area contributed by atoms with Crippen LogP contribution in [0.25, 0.3) is 0 Å². The van der Waals surface area contributed by atoms with Crippen molar-refractivity contribution in [3.05, 3.63) is 65.7 Å². The number of nitrogens with zero attached hydrogens (tertiary/aromatic N) is 1. The lowest BCUT2D eigenvalue weighted by atomic mass is 9.87. The van der Waals surface area contributed by atoms with E-state index in [1.807, 2.05) is 30.3 Å². The lowest BCUT2D eigenvalue weighted by Gasteiger charge is -2.30. The summed E-state index contributed by atoms with van der Waals surface area (Å²) in [4.78, 5) is 14.7. The molecule has 0 saturated carbocycles. The fraction of sp³-hybridized carbons (Fsp3) is 0.458. The largest absolute Gasteiger partial charge is 0.484 e. The van der Waals surface area contributed by atoms with Crippen LogP contribution in [0.3, 0.4) is 0 Å². The van der Waals surface area contributed by atoms with E-state index in [-0.39, 0.29) is 24.0 Å². The van der Waals surface area contributed by atoms with Crippen LogP contribution >= 0.6 is 0 Å². The number of amides is 1. The van der Waals surface area contributed by atoms with E-state index < -0.39 is 0 Å². The molecule has 2 rings (SSSR count). The second-order valence-electron chi connectivity index (χ2n) is 8.01. The first-order chi connectivity index (χ1) is 13.3. The normalized spacial score (nSPS) is 12.6. The number of hydrogen-bond donors (Lipinski definition) is 1. The molecular formula is C24H34N2O2. The van der Waals surface area contributed by atoms with Crippen molar-refractivity contribution in [3.63, 3.8) is 0 Å². The highest BCUT2D eigenvalue weighted by molar-refractivity contribution is 5.77. The molecule has 0 heterocycles. The summed E-state index contributed by atoms with van der Waals surface area (Å²) in [5.41, 5.74) is 2.56. The van der Waals surface area contributed by atoms with Crippen molar-refractivity contribution in [2.24, 2.45) is 0 Å². The molecule has 0 spiro atoms. The number of carbonyl (C=O) groups is 1. The summed E-state index contributed by atoms with van der Waals surface area (Å²) in [5.74, 6) is 0.611. The van der Waals surface area contributed by atoms with Crippen molar-refractivity contribution in [2.45, 2.75) is 46.1 Å². The number of hydrogen-bond acceptors (Lipinski definition) is 3. The van der Waals surface area contributed by atoms with Crippen molar-refractivity contribution < 1.29 is 9.53 Å². The molecule has 0 aliphatic rings. The minimum Gasteiger partial charge on any atom is -0.484 e. The van der Waals surface area contributed by atoms with Crippen LogP contribution in [0.5, 0.6) is 5.75 Å². The summed E-state index contributed by atoms with van der Waals surface area (Å²) >= 11 is 0. The highest BCUT2D eigenvalue weighted by Crippen LogP contribution is 2.24. The molecule has 1 amide bonds. The van der Waals surface area contributed by atoms with Crippen LogP contribution in [0.1, 0.15) is 51.8 Å². The van der Waals surface area contributed by atoms with E-state index in [9.17, 15) is 4.79 Å². The molecule has 0 aromatic heterocycles. The molecule has 1 N–H and O–H groups in total. The number of nitrogens with one attached hydrogen (secondary N) is 1. The third-order valence-corrected chi connectivity index (χ3v) is 5.02. The molecule has 2 aromatic carbocycles. The molecule has 28 heavy (non-hydrogen) atoms. The zero-order valence-corrected chi connectivity index (χ0v) is 17.9. The van der Waals surface area contributed by atoms with Gasteiger partial charge < -0.3 is 10.1 Å². The monoisotopic (exact) mass is 382 g/mol. The summed E-state index contributed by atoms with van der Waals surface area (Å²) in [5, 5.41) is 3.03. The maximum Gasteiger partial charge on any atom is 0.258 e. The lowest BCUT2D eigenvalue weighted by molar-refractivity contribution is -0.123. The highest BCUT2D eigenvalue weighted by Gasteiger charge is 2.19. The first kappa shape index (κ1) is 22.0. The summed E-state index contributed by atoms with van der Waals surface area (Å²) < 4.78 is 5.66. The van der Waals surface area contributed by atoms with E-state index in [0.717, 1.165) is 13.1 Å². The van der Waals surface area contributed by atoms with E-state index in [2.05, 4.69) is 69.1 Å². The Bertz CT molecular complexity index is 717. The smallest absolute Gasteiger partial charge is 0.258 e. The molecule has 0 fully saturated rings. The van der Waals surface area contributed by atoms with Crippen LogP contribution in [0.4, 0.5) is 0 Å². The molecule has 1 atom stereocenters. The van der Waals surface area contributed by atoms with Crippen LogP contribution in [-0.4, -0.2) is 37.0 Å². The third kappa shape index (κ3) is 6.38. The van der Waals surface area contributed by atoms with Crippen molar-refractivity contribution in [3.8, 4) is 5.75 Å². The van der Waals surface area contributed by atoms with E-state index in [1.54, 1.807) is 0 Å². The van der Waals surface area contributed by atoms with Gasteiger partial charge in [-0.25, -0.2) is 0 Å². The molecule has 0 saturated heterocycles. The fourth-order valence-corrected chi connectivity index (χ4v) is 3.26. The van der Waals surface area contributed by atoms with Crippen molar-refractivity contribution in [2.75, 3.05) is 26.2 Å². The van der Waals surface area contributed by atoms with Crippen LogP contribution in [0.15, 0.2) is 54.6 Å². The van der Waals surface area contributed by atoms with Crippen LogP contribution in [0.2, 0.25) is 0 Å². The Morgan fingerprint density at radius 1 is 1.00 bits per heavy atom. The van der Waals surface area contributed by atoms with Gasteiger partial charge in [-0.05, 0) is 41.8 Å². The zero-order valence-electron chi connectivity index (χ0n) is 17.9. The Morgan fingerprint density at radius 3 is 2.14 bits per heavy atom. The maximum atomic E-state index is 12.3. The number of likely N-dealkylation sites (N-methyl/N-ethyl adjacent to an activating group) is 1. The second-order valence-corrected chi connectivity index (χ2v) is 8.01. The van der Waals surface area contributed by atoms with Crippen LogP contribution in [0, 0.1) is 0 Å². The zero-order chi connectivity index (χ0) is 20.6. The first-order valence-electron chi connectivity index (χ1n) is 10.1. The van der Waals surface area contributed by atoms with Gasteiger partial charge in [0.25, 0.3) is 5.91 Å². The summed E-state index contributed by atoms with van der Waals surface area (Å²) in [6.45, 7) is 13.3. The van der Waals surface area contributed by atoms with Gasteiger partial charge in [0, 0.05) is 6.54 Å². The number of rotatable bonds is 9. The molecule has 0 aliphatic heterocycles. The molecule has 4 heteroatoms. The quantitative estimate of drug-likeness (QED) is 0.691. The third-order valence-electron chi connectivity index (χ3n) is 5.02. The summed E-state index contributed by atoms with van der Waals surface area (Å²) in [7, 11) is 0. The number of benzene rings is 2. The average molecular weight is 383 g/mol. The van der Waals surface area contributed by atoms with Gasteiger partial charge in [-0.2, -0.15) is 0 Å². The molecule has 0 unspecified atom stereocenters. The topological polar surface area (TPSA) is 41.6 Å². The minimum absolute atomic E-state index is 0.0224. The van der Waals surface area contributed by atoms with Gasteiger partial charge in [0.15, 0.2) is 6.61 Å². The van der Waals surface area contributed by atoms with Crippen molar-refractivity contribution >= 4 is 5.91 Å². The van der Waals surface area contributed by atoms with E-state index in [4.69, 9.17) is 4.74 Å². The number of carbonyl (C=O) groups excluding carboxylic acids is 1. The lowest BCUT2D eigenvalue weighted by Crippen LogP contribution is -2.39. The van der Waals surface area contributed by atoms with Gasteiger partial charge >= 0.3 is 0 Å². The molecule has 2 aromatic rings. The minimum atomic E-state index is -0.104. The standard InChI is InChI=1S/C24H34N2O2/c1-6-26(7-2)22(19-11-9-8-10-12-19)17-25-23(27)18-28-21-15-13-20(14-16-21)24(3,4)5/h8-16,22H,6-7,17-18H2,1-5H3,(H,25,27)/t22-/m1/s1. The van der Waals surface area contributed by atoms with Crippen molar-refractivity contribution in [1.29, 1.82) is 0 Å². The molecular weight excluding hydrogens is 348 g/mol. The van der Waals surface area contributed by atoms with Gasteiger partial charge in [0.05, 0.1) is 6.04 Å². The maximum absolute atomic E-state index is 12.3. The fourth-order valence-electron chi connectivity index (χ4n) is 3.26. The Balaban J connectivity index is 1.90. The van der Waals surface area contributed by atoms with Gasteiger partial charge in [-0.1, -0.05) is 77.1 Å². The molecule has 152 valence electrons. The highest BCUT2D eigenvalue weighted by atomic mass is 16.5. The van der Waals surface area contributed by atoms with Crippen LogP contribution in [-0.2, 0) is 10.2 Å². The molecule has 4 nitrogen and oxygen atoms in total. The van der Waals surface area contributed by atoms with Gasteiger partial charge in [-0.15, -0.1) is 0 Å². The molecule has 0 aliphatic carbocycles. The van der Waals surface area contributed by atoms with Gasteiger partial charge in [0.1, 0.15) is 5.75 Å². The van der Waals surface area contributed by atoms with E-state index in [0.29, 0.717) is 12.3 Å². The average Bonchev–Trinajstić information content (AvgIpc) is 2.70. The predicted octanol–water partition coefficient (Wildman–Crippen LogP) is 4.56. The Hall–Kier alpha value is -2.33. The SMILES string of the molecule is CCN(CC)[C@H](CNC(=O)COc1ccc(C(C)(C)C)cc1)c1ccccc1. The Kier molecular flexibility index (Phi) is 8.06. The van der Waals surface area contributed by atoms with E-state index >= 15 is 0 Å². The van der Waals surface area contributed by atoms with Gasteiger partial charge in [-0.3, -0.25) is 9.69 Å². The Labute approximate surface area is 169 Å². The second kappa shape index (κ2) is 10.3. The van der Waals surface area contributed by atoms with Gasteiger partial charge in [0.2, 0.25) is 0 Å². The summed E-state index contributed by atoms with van der Waals surface area (Å²) in [6.07, 6.45) is 0. The molecule has 0 radical (unpaired) electrons. The van der Waals surface area contributed by atoms with E-state index in [1.165, 1.54) is 11.1 Å². The summed E-state index contributed by atoms with van der Waals surface area (Å²) in [6, 6.07) is 18.4. The number of ether oxygens (including phenoxy) is 1. The predicted molar refractivity (Wildman–Crippen MR) is 116 cm³/mol. The van der Waals surface area contributed by atoms with Crippen molar-refractivity contribution in [1.82, 2.24) is 10.2 Å². The molecule has 0 bridgehead atoms. The Morgan fingerprint density at radius 2 is 1.61 bits per heavy atom. The first-order valence-corrected chi connectivity index (χ1v) is 10.1.